The van der Waals surface area contributed by atoms with E-state index in [2.05, 4.69) is 65.8 Å². The summed E-state index contributed by atoms with van der Waals surface area (Å²) in [7, 11) is 0. The minimum Gasteiger partial charge on any atom is -0.462 e. The smallest absolute Gasteiger partial charge is 0.302 e. The summed E-state index contributed by atoms with van der Waals surface area (Å²) in [6.07, 6.45) is 18.5. The van der Waals surface area contributed by atoms with Crippen LogP contribution in [0.25, 0.3) is 0 Å². The van der Waals surface area contributed by atoms with Gasteiger partial charge in [0.2, 0.25) is 0 Å². The van der Waals surface area contributed by atoms with Crippen LogP contribution in [0.1, 0.15) is 93.4 Å². The van der Waals surface area contributed by atoms with Crippen LogP contribution < -0.4 is 0 Å². The van der Waals surface area contributed by atoms with Gasteiger partial charge in [-0.25, -0.2) is 0 Å². The average Bonchev–Trinajstić information content (AvgIpc) is 3.08. The van der Waals surface area contributed by atoms with E-state index >= 15 is 0 Å². The molecule has 0 saturated heterocycles. The topological polar surface area (TPSA) is 26.3 Å². The number of carbonyl (C=O) groups excluding carboxylic acids is 1. The first-order valence-electron chi connectivity index (χ1n) is 13.3. The molecular formula is C30H46O2. The molecule has 2 heteroatoms. The average molecular weight is 439 g/mol. The highest BCUT2D eigenvalue weighted by Gasteiger charge is 2.56. The lowest BCUT2D eigenvalue weighted by Crippen LogP contribution is -2.46. The number of esters is 1. The summed E-state index contributed by atoms with van der Waals surface area (Å²) >= 11 is 0. The summed E-state index contributed by atoms with van der Waals surface area (Å²) < 4.78 is 5.59. The largest absolute Gasteiger partial charge is 0.462 e. The second-order valence-electron chi connectivity index (χ2n) is 12.4. The van der Waals surface area contributed by atoms with Gasteiger partial charge in [0, 0.05) is 13.3 Å². The van der Waals surface area contributed by atoms with Gasteiger partial charge < -0.3 is 4.74 Å². The van der Waals surface area contributed by atoms with Crippen LogP contribution in [0.15, 0.2) is 35.5 Å². The molecule has 0 radical (unpaired) electrons. The SMILES string of the molecule is CC(=O)O[C@H]1CC[C@]2(C)C(=CC=C3[C@@H]4CC[C@H]([C@H](C)/C=C/[C@H](C)C(C)C)[C@@]4(C)CC[C@@H]32)C1. The predicted octanol–water partition coefficient (Wildman–Crippen LogP) is 7.90. The van der Waals surface area contributed by atoms with E-state index in [9.17, 15) is 4.79 Å². The zero-order chi connectivity index (χ0) is 23.3. The Balaban J connectivity index is 1.54. The number of ether oxygens (including phenoxy) is 1. The van der Waals surface area contributed by atoms with Crippen molar-refractivity contribution in [3.8, 4) is 0 Å². The van der Waals surface area contributed by atoms with Crippen LogP contribution in [-0.4, -0.2) is 12.1 Å². The van der Waals surface area contributed by atoms with Crippen LogP contribution in [0.3, 0.4) is 0 Å². The van der Waals surface area contributed by atoms with Crippen molar-refractivity contribution >= 4 is 5.97 Å². The van der Waals surface area contributed by atoms with E-state index < -0.39 is 0 Å². The van der Waals surface area contributed by atoms with E-state index in [1.54, 1.807) is 12.5 Å². The maximum absolute atomic E-state index is 11.5. The van der Waals surface area contributed by atoms with Crippen molar-refractivity contribution in [1.29, 1.82) is 0 Å². The molecule has 32 heavy (non-hydrogen) atoms. The highest BCUT2D eigenvalue weighted by molar-refractivity contribution is 5.66. The third-order valence-corrected chi connectivity index (χ3v) is 10.3. The number of hydrogen-bond donors (Lipinski definition) is 0. The first-order chi connectivity index (χ1) is 15.1. The molecule has 0 heterocycles. The molecule has 4 aliphatic carbocycles. The van der Waals surface area contributed by atoms with Crippen LogP contribution >= 0.6 is 0 Å². The summed E-state index contributed by atoms with van der Waals surface area (Å²) in [5.41, 5.74) is 3.98. The molecule has 4 aliphatic rings. The van der Waals surface area contributed by atoms with Crippen molar-refractivity contribution < 1.29 is 9.53 Å². The van der Waals surface area contributed by atoms with Crippen molar-refractivity contribution in [2.75, 3.05) is 0 Å². The Kier molecular flexibility index (Phi) is 6.56. The van der Waals surface area contributed by atoms with E-state index in [-0.39, 0.29) is 17.5 Å². The Morgan fingerprint density at radius 2 is 1.75 bits per heavy atom. The summed E-state index contributed by atoms with van der Waals surface area (Å²) in [5.74, 6) is 4.11. The fraction of sp³-hybridized carbons (Fsp3) is 0.767. The van der Waals surface area contributed by atoms with Crippen LogP contribution in [0.4, 0.5) is 0 Å². The minimum atomic E-state index is -0.136. The first kappa shape index (κ1) is 23.8. The third-order valence-electron chi connectivity index (χ3n) is 10.3. The number of fused-ring (bicyclic) bond motifs is 5. The van der Waals surface area contributed by atoms with Crippen LogP contribution in [0.2, 0.25) is 0 Å². The van der Waals surface area contributed by atoms with Crippen molar-refractivity contribution in [3.05, 3.63) is 35.5 Å². The van der Waals surface area contributed by atoms with Crippen molar-refractivity contribution in [2.24, 2.45) is 46.3 Å². The number of hydrogen-bond acceptors (Lipinski definition) is 2. The fourth-order valence-electron chi connectivity index (χ4n) is 7.92. The molecule has 0 bridgehead atoms. The normalized spacial score (nSPS) is 40.8. The fourth-order valence-corrected chi connectivity index (χ4v) is 7.92. The zero-order valence-corrected chi connectivity index (χ0v) is 21.6. The predicted molar refractivity (Wildman–Crippen MR) is 133 cm³/mol. The highest BCUT2D eigenvalue weighted by Crippen LogP contribution is 2.66. The van der Waals surface area contributed by atoms with Gasteiger partial charge in [-0.15, -0.1) is 0 Å². The first-order valence-corrected chi connectivity index (χ1v) is 13.3. The highest BCUT2D eigenvalue weighted by atomic mass is 16.5. The van der Waals surface area contributed by atoms with Gasteiger partial charge in [0.1, 0.15) is 6.10 Å². The van der Waals surface area contributed by atoms with Crippen LogP contribution in [0.5, 0.6) is 0 Å². The molecular weight excluding hydrogens is 392 g/mol. The molecule has 178 valence electrons. The summed E-state index contributed by atoms with van der Waals surface area (Å²) in [6.45, 7) is 16.1. The molecule has 8 atom stereocenters. The summed E-state index contributed by atoms with van der Waals surface area (Å²) in [5, 5.41) is 0. The van der Waals surface area contributed by atoms with E-state index in [0.717, 1.165) is 31.1 Å². The molecule has 2 nitrogen and oxygen atoms in total. The van der Waals surface area contributed by atoms with Gasteiger partial charge in [-0.3, -0.25) is 4.79 Å². The lowest BCUT2D eigenvalue weighted by molar-refractivity contribution is -0.148. The summed E-state index contributed by atoms with van der Waals surface area (Å²) in [6, 6.07) is 0. The Hall–Kier alpha value is -1.31. The minimum absolute atomic E-state index is 0.0763. The number of allylic oxidation sites excluding steroid dienone is 5. The van der Waals surface area contributed by atoms with Gasteiger partial charge in [0.05, 0.1) is 0 Å². The van der Waals surface area contributed by atoms with Gasteiger partial charge in [-0.05, 0) is 84.9 Å². The van der Waals surface area contributed by atoms with Crippen LogP contribution in [0, 0.1) is 46.3 Å². The van der Waals surface area contributed by atoms with Crippen molar-refractivity contribution in [1.82, 2.24) is 0 Å². The third kappa shape index (κ3) is 4.05. The van der Waals surface area contributed by atoms with Gasteiger partial charge >= 0.3 is 5.97 Å². The molecule has 4 rings (SSSR count). The molecule has 3 saturated carbocycles. The van der Waals surface area contributed by atoms with E-state index in [4.69, 9.17) is 4.74 Å². The Morgan fingerprint density at radius 1 is 1.00 bits per heavy atom. The maximum Gasteiger partial charge on any atom is 0.302 e. The van der Waals surface area contributed by atoms with Crippen LogP contribution in [-0.2, 0) is 9.53 Å². The van der Waals surface area contributed by atoms with E-state index in [0.29, 0.717) is 29.1 Å². The van der Waals surface area contributed by atoms with Crippen molar-refractivity contribution in [2.45, 2.75) is 99.5 Å². The van der Waals surface area contributed by atoms with Gasteiger partial charge in [0.15, 0.2) is 0 Å². The lowest BCUT2D eigenvalue weighted by atomic mass is 9.50. The number of carbonyl (C=O) groups is 1. The molecule has 0 aromatic heterocycles. The van der Waals surface area contributed by atoms with Crippen molar-refractivity contribution in [3.63, 3.8) is 0 Å². The molecule has 0 aromatic rings. The second kappa shape index (κ2) is 8.80. The van der Waals surface area contributed by atoms with E-state index in [1.807, 2.05) is 0 Å². The molecule has 0 unspecified atom stereocenters. The molecule has 0 aromatic carbocycles. The summed E-state index contributed by atoms with van der Waals surface area (Å²) in [4.78, 5) is 11.5. The Labute approximate surface area is 197 Å². The molecule has 0 aliphatic heterocycles. The standard InChI is InChI=1S/C30H46O2/c1-19(2)20(3)8-9-21(4)26-12-13-27-25-11-10-23-18-24(32-22(5)31)14-16-29(23,6)28(25)15-17-30(26,27)7/h8-11,19-21,24,26-28H,12-18H2,1-7H3/b9-8+/t20-,21+,24-,26+,27-,28-,29+,30+/m0/s1. The zero-order valence-electron chi connectivity index (χ0n) is 21.6. The Morgan fingerprint density at radius 3 is 2.44 bits per heavy atom. The molecule has 3 fully saturated rings. The monoisotopic (exact) mass is 438 g/mol. The number of rotatable bonds is 5. The quantitative estimate of drug-likeness (QED) is 0.322. The lowest BCUT2D eigenvalue weighted by Gasteiger charge is -2.55. The molecule has 0 spiro atoms. The van der Waals surface area contributed by atoms with E-state index in [1.165, 1.54) is 31.3 Å². The maximum atomic E-state index is 11.5. The van der Waals surface area contributed by atoms with Gasteiger partial charge in [-0.2, -0.15) is 0 Å². The Bertz CT molecular complexity index is 817. The molecule has 0 amide bonds. The van der Waals surface area contributed by atoms with Gasteiger partial charge in [0.25, 0.3) is 0 Å². The second-order valence-corrected chi connectivity index (χ2v) is 12.4. The molecule has 0 N–H and O–H groups in total. The van der Waals surface area contributed by atoms with Gasteiger partial charge in [-0.1, -0.05) is 77.0 Å².